The molecule has 0 atom stereocenters. The monoisotopic (exact) mass is 192 g/mol. The van der Waals surface area contributed by atoms with E-state index in [-0.39, 0.29) is 0 Å². The van der Waals surface area contributed by atoms with Crippen LogP contribution in [0.3, 0.4) is 0 Å². The molecule has 0 aromatic carbocycles. The predicted octanol–water partition coefficient (Wildman–Crippen LogP) is 3.07. The lowest BCUT2D eigenvalue weighted by Gasteiger charge is -2.30. The van der Waals surface area contributed by atoms with Crippen LogP contribution in [0.5, 0.6) is 0 Å². The van der Waals surface area contributed by atoms with Crippen LogP contribution < -0.4 is 0 Å². The zero-order valence-corrected chi connectivity index (χ0v) is 9.13. The average molecular weight is 192 g/mol. The third-order valence-electron chi connectivity index (χ3n) is 2.78. The molecule has 0 aromatic rings. The van der Waals surface area contributed by atoms with Crippen LogP contribution >= 0.6 is 0 Å². The van der Waals surface area contributed by atoms with Crippen LogP contribution in [0.1, 0.15) is 45.4 Å². The average Bonchev–Trinajstić information content (AvgIpc) is 2.25. The van der Waals surface area contributed by atoms with E-state index in [2.05, 4.69) is 17.9 Å². The molecule has 1 heterocycles. The van der Waals surface area contributed by atoms with Crippen molar-refractivity contribution in [2.45, 2.75) is 45.4 Å². The van der Waals surface area contributed by atoms with Gasteiger partial charge in [-0.1, -0.05) is 13.3 Å². The summed E-state index contributed by atoms with van der Waals surface area (Å²) in [6.07, 6.45) is 9.14. The summed E-state index contributed by atoms with van der Waals surface area (Å²) in [6, 6.07) is 2.17. The lowest BCUT2D eigenvalue weighted by molar-refractivity contribution is 0.275. The number of hydrogen-bond donors (Lipinski definition) is 0. The van der Waals surface area contributed by atoms with E-state index in [0.29, 0.717) is 0 Å². The Balaban J connectivity index is 2.48. The first-order chi connectivity index (χ1) is 6.88. The SMILES string of the molecule is CCCC/C(=C/C#N)N1CCCCC1. The van der Waals surface area contributed by atoms with E-state index in [9.17, 15) is 0 Å². The fourth-order valence-corrected chi connectivity index (χ4v) is 1.94. The van der Waals surface area contributed by atoms with Crippen LogP contribution in [0.2, 0.25) is 0 Å². The van der Waals surface area contributed by atoms with Crippen molar-refractivity contribution in [1.29, 1.82) is 5.26 Å². The van der Waals surface area contributed by atoms with E-state index < -0.39 is 0 Å². The molecular formula is C12H20N2. The Morgan fingerprint density at radius 1 is 1.36 bits per heavy atom. The number of piperidine rings is 1. The Bertz CT molecular complexity index is 219. The molecule has 1 saturated heterocycles. The van der Waals surface area contributed by atoms with Crippen molar-refractivity contribution in [2.24, 2.45) is 0 Å². The summed E-state index contributed by atoms with van der Waals surface area (Å²) in [5.74, 6) is 0. The Kier molecular flexibility index (Phi) is 5.14. The van der Waals surface area contributed by atoms with Crippen molar-refractivity contribution in [3.8, 4) is 6.07 Å². The minimum atomic E-state index is 1.07. The molecule has 1 rings (SSSR count). The van der Waals surface area contributed by atoms with Crippen LogP contribution in [-0.4, -0.2) is 18.0 Å². The lowest BCUT2D eigenvalue weighted by Crippen LogP contribution is -2.29. The van der Waals surface area contributed by atoms with Gasteiger partial charge in [-0.05, 0) is 32.1 Å². The number of likely N-dealkylation sites (tertiary alicyclic amines) is 1. The molecule has 0 saturated carbocycles. The largest absolute Gasteiger partial charge is 0.374 e. The molecule has 0 aliphatic carbocycles. The molecule has 0 aromatic heterocycles. The van der Waals surface area contributed by atoms with E-state index in [0.717, 1.165) is 19.5 Å². The quantitative estimate of drug-likeness (QED) is 0.640. The summed E-state index contributed by atoms with van der Waals surface area (Å²) >= 11 is 0. The summed E-state index contributed by atoms with van der Waals surface area (Å²) < 4.78 is 0. The summed E-state index contributed by atoms with van der Waals surface area (Å²) in [5.41, 5.74) is 1.26. The van der Waals surface area contributed by atoms with Crippen LogP contribution in [0.4, 0.5) is 0 Å². The Morgan fingerprint density at radius 2 is 2.07 bits per heavy atom. The Morgan fingerprint density at radius 3 is 2.64 bits per heavy atom. The topological polar surface area (TPSA) is 27.0 Å². The third kappa shape index (κ3) is 3.41. The molecular weight excluding hydrogens is 172 g/mol. The van der Waals surface area contributed by atoms with E-state index in [1.165, 1.54) is 37.8 Å². The molecule has 0 radical (unpaired) electrons. The van der Waals surface area contributed by atoms with Crippen molar-refractivity contribution >= 4 is 0 Å². The van der Waals surface area contributed by atoms with Gasteiger partial charge in [0.25, 0.3) is 0 Å². The van der Waals surface area contributed by atoms with Gasteiger partial charge >= 0.3 is 0 Å². The highest BCUT2D eigenvalue weighted by Gasteiger charge is 2.12. The van der Waals surface area contributed by atoms with E-state index >= 15 is 0 Å². The number of allylic oxidation sites excluding steroid dienone is 2. The molecule has 2 heteroatoms. The standard InChI is InChI=1S/C12H20N2/c1-2-3-7-12(8-9-13)14-10-5-4-6-11-14/h8H,2-7,10-11H2,1H3/b12-8-. The number of nitrogens with zero attached hydrogens (tertiary/aromatic N) is 2. The summed E-state index contributed by atoms with van der Waals surface area (Å²) in [4.78, 5) is 2.39. The second kappa shape index (κ2) is 6.48. The van der Waals surface area contributed by atoms with Crippen molar-refractivity contribution in [2.75, 3.05) is 13.1 Å². The molecule has 0 amide bonds. The first kappa shape index (κ1) is 11.1. The van der Waals surface area contributed by atoms with Gasteiger partial charge in [-0.25, -0.2) is 0 Å². The van der Waals surface area contributed by atoms with E-state index in [4.69, 9.17) is 5.26 Å². The van der Waals surface area contributed by atoms with E-state index in [1.807, 2.05) is 0 Å². The van der Waals surface area contributed by atoms with Crippen LogP contribution in [0.15, 0.2) is 11.8 Å². The lowest BCUT2D eigenvalue weighted by atomic mass is 10.1. The normalized spacial score (nSPS) is 18.0. The number of nitriles is 1. The molecule has 0 bridgehead atoms. The molecule has 14 heavy (non-hydrogen) atoms. The van der Waals surface area contributed by atoms with Gasteiger partial charge in [0.2, 0.25) is 0 Å². The van der Waals surface area contributed by atoms with Crippen molar-refractivity contribution in [3.05, 3.63) is 11.8 Å². The van der Waals surface area contributed by atoms with E-state index in [1.54, 1.807) is 6.08 Å². The van der Waals surface area contributed by atoms with Gasteiger partial charge in [0.1, 0.15) is 0 Å². The van der Waals surface area contributed by atoms with Gasteiger partial charge in [0.05, 0.1) is 6.07 Å². The number of unbranched alkanes of at least 4 members (excludes halogenated alkanes) is 1. The molecule has 0 N–H and O–H groups in total. The maximum Gasteiger partial charge on any atom is 0.0930 e. The first-order valence-electron chi connectivity index (χ1n) is 5.72. The van der Waals surface area contributed by atoms with Crippen LogP contribution in [-0.2, 0) is 0 Å². The van der Waals surface area contributed by atoms with Gasteiger partial charge in [0, 0.05) is 24.9 Å². The maximum atomic E-state index is 8.71. The fraction of sp³-hybridized carbons (Fsp3) is 0.750. The minimum absolute atomic E-state index is 1.07. The summed E-state index contributed by atoms with van der Waals surface area (Å²) in [5, 5.41) is 8.71. The van der Waals surface area contributed by atoms with Crippen LogP contribution in [0, 0.1) is 11.3 Å². The van der Waals surface area contributed by atoms with Gasteiger partial charge in [0.15, 0.2) is 0 Å². The number of rotatable bonds is 4. The van der Waals surface area contributed by atoms with Crippen molar-refractivity contribution < 1.29 is 0 Å². The van der Waals surface area contributed by atoms with Crippen molar-refractivity contribution in [1.82, 2.24) is 4.90 Å². The molecule has 0 spiro atoms. The Hall–Kier alpha value is -0.970. The predicted molar refractivity (Wildman–Crippen MR) is 58.6 cm³/mol. The maximum absolute atomic E-state index is 8.71. The first-order valence-corrected chi connectivity index (χ1v) is 5.72. The molecule has 1 aliphatic heterocycles. The second-order valence-electron chi connectivity index (χ2n) is 3.92. The molecule has 0 unspecified atom stereocenters. The fourth-order valence-electron chi connectivity index (χ4n) is 1.94. The minimum Gasteiger partial charge on any atom is -0.374 e. The third-order valence-corrected chi connectivity index (χ3v) is 2.78. The number of hydrogen-bond acceptors (Lipinski definition) is 2. The molecule has 2 nitrogen and oxygen atoms in total. The van der Waals surface area contributed by atoms with Gasteiger partial charge in [-0.3, -0.25) is 0 Å². The molecule has 78 valence electrons. The van der Waals surface area contributed by atoms with Gasteiger partial charge in [-0.15, -0.1) is 0 Å². The second-order valence-corrected chi connectivity index (χ2v) is 3.92. The zero-order chi connectivity index (χ0) is 10.2. The zero-order valence-electron chi connectivity index (χ0n) is 9.13. The summed E-state index contributed by atoms with van der Waals surface area (Å²) in [6.45, 7) is 4.49. The summed E-state index contributed by atoms with van der Waals surface area (Å²) in [7, 11) is 0. The van der Waals surface area contributed by atoms with Crippen LogP contribution in [0.25, 0.3) is 0 Å². The Labute approximate surface area is 87.2 Å². The highest BCUT2D eigenvalue weighted by atomic mass is 15.1. The van der Waals surface area contributed by atoms with Gasteiger partial charge < -0.3 is 4.90 Å². The highest BCUT2D eigenvalue weighted by Crippen LogP contribution is 2.18. The molecule has 1 aliphatic rings. The molecule has 1 fully saturated rings. The van der Waals surface area contributed by atoms with Crippen molar-refractivity contribution in [3.63, 3.8) is 0 Å². The smallest absolute Gasteiger partial charge is 0.0930 e. The highest BCUT2D eigenvalue weighted by molar-refractivity contribution is 5.13. The van der Waals surface area contributed by atoms with Gasteiger partial charge in [-0.2, -0.15) is 5.26 Å².